The third-order valence-electron chi connectivity index (χ3n) is 4.14. The number of phenols is 1. The van der Waals surface area contributed by atoms with E-state index in [0.29, 0.717) is 12.2 Å². The lowest BCUT2D eigenvalue weighted by atomic mass is 10.1. The van der Waals surface area contributed by atoms with Crippen molar-refractivity contribution in [2.24, 2.45) is 10.3 Å². The Labute approximate surface area is 191 Å². The molecule has 0 saturated carbocycles. The third kappa shape index (κ3) is 5.04. The lowest BCUT2D eigenvalue weighted by molar-refractivity contribution is 0.0672. The molecule has 1 N–H and O–H groups in total. The quantitative estimate of drug-likeness (QED) is 0.398. The first-order valence-corrected chi connectivity index (χ1v) is 9.83. The number of aromatic hydroxyl groups is 1. The number of oxime groups is 2. The summed E-state index contributed by atoms with van der Waals surface area (Å²) in [5.74, 6) is -1.74. The van der Waals surface area contributed by atoms with Crippen LogP contribution in [0.3, 0.4) is 0 Å². The maximum absolute atomic E-state index is 15.1. The topological polar surface area (TPSA) is 117 Å². The van der Waals surface area contributed by atoms with E-state index >= 15 is 4.39 Å². The van der Waals surface area contributed by atoms with Crippen molar-refractivity contribution >= 4 is 23.2 Å². The second-order valence-corrected chi connectivity index (χ2v) is 6.72. The Bertz CT molecular complexity index is 1220. The molecule has 12 heteroatoms. The molecule has 0 aliphatic carbocycles. The van der Waals surface area contributed by atoms with E-state index in [1.54, 1.807) is 24.3 Å². The molecular weight excluding hydrogens is 459 g/mol. The smallest absolute Gasteiger partial charge is 0.280 e. The SMILES string of the molecule is CO/N=C(/C1=NOCCO1)c1ccccc1Oc1ncnc(Oc2cc(O)ccc2Cl)c1F. The molecule has 0 spiro atoms. The van der Waals surface area contributed by atoms with Crippen LogP contribution in [-0.2, 0) is 14.4 Å². The molecule has 10 nitrogen and oxygen atoms in total. The standard InChI is InChI=1S/C21H16ClFN4O6/c1-29-26-18(21-27-31-9-8-30-21)13-4-2-3-5-15(13)32-19-17(23)20(25-11-24-19)33-16-10-12(28)6-7-14(16)22/h2-7,10-11,28H,8-9H2,1H3/b26-18+. The van der Waals surface area contributed by atoms with Crippen LogP contribution in [0, 0.1) is 5.82 Å². The van der Waals surface area contributed by atoms with Gasteiger partial charge in [-0.15, -0.1) is 0 Å². The molecule has 0 amide bonds. The highest BCUT2D eigenvalue weighted by atomic mass is 35.5. The summed E-state index contributed by atoms with van der Waals surface area (Å²) >= 11 is 6.04. The van der Waals surface area contributed by atoms with Crippen LogP contribution >= 0.6 is 11.6 Å². The molecule has 0 bridgehead atoms. The van der Waals surface area contributed by atoms with Crippen molar-refractivity contribution in [3.8, 4) is 29.0 Å². The Morgan fingerprint density at radius 1 is 1.09 bits per heavy atom. The zero-order valence-electron chi connectivity index (χ0n) is 17.1. The molecule has 2 aromatic carbocycles. The molecule has 170 valence electrons. The largest absolute Gasteiger partial charge is 0.508 e. The van der Waals surface area contributed by atoms with E-state index in [4.69, 9.17) is 35.5 Å². The van der Waals surface area contributed by atoms with Gasteiger partial charge in [-0.2, -0.15) is 14.4 Å². The molecule has 1 aromatic heterocycles. The van der Waals surface area contributed by atoms with Gasteiger partial charge < -0.3 is 29.0 Å². The molecule has 0 radical (unpaired) electrons. The highest BCUT2D eigenvalue weighted by molar-refractivity contribution is 6.45. The highest BCUT2D eigenvalue weighted by Gasteiger charge is 2.24. The van der Waals surface area contributed by atoms with Gasteiger partial charge in [0.25, 0.3) is 17.7 Å². The van der Waals surface area contributed by atoms with Gasteiger partial charge in [-0.1, -0.05) is 28.9 Å². The molecule has 1 aliphatic rings. The molecule has 3 aromatic rings. The number of ether oxygens (including phenoxy) is 3. The van der Waals surface area contributed by atoms with Crippen molar-refractivity contribution in [3.05, 3.63) is 65.2 Å². The summed E-state index contributed by atoms with van der Waals surface area (Å²) in [5.41, 5.74) is 0.547. The number of phenolic OH excluding ortho intramolecular Hbond substituents is 1. The van der Waals surface area contributed by atoms with E-state index in [-0.39, 0.29) is 40.5 Å². The molecular formula is C21H16ClFN4O6. The number of nitrogens with zero attached hydrogens (tertiary/aromatic N) is 4. The van der Waals surface area contributed by atoms with Gasteiger partial charge in [0.15, 0.2) is 18.1 Å². The second kappa shape index (κ2) is 10.0. The fourth-order valence-electron chi connectivity index (χ4n) is 2.72. The van der Waals surface area contributed by atoms with Crippen molar-refractivity contribution in [2.75, 3.05) is 20.3 Å². The molecule has 0 fully saturated rings. The zero-order chi connectivity index (χ0) is 23.2. The molecule has 2 heterocycles. The van der Waals surface area contributed by atoms with E-state index in [9.17, 15) is 5.11 Å². The van der Waals surface area contributed by atoms with E-state index in [0.717, 1.165) is 6.33 Å². The molecule has 0 saturated heterocycles. The summed E-state index contributed by atoms with van der Waals surface area (Å²) in [7, 11) is 1.36. The normalized spacial score (nSPS) is 13.4. The van der Waals surface area contributed by atoms with Crippen molar-refractivity contribution in [3.63, 3.8) is 0 Å². The summed E-state index contributed by atoms with van der Waals surface area (Å²) in [4.78, 5) is 17.6. The van der Waals surface area contributed by atoms with Gasteiger partial charge in [0.1, 0.15) is 31.5 Å². The minimum absolute atomic E-state index is 0.00240. The molecule has 0 atom stereocenters. The van der Waals surface area contributed by atoms with Crippen LogP contribution in [-0.4, -0.2) is 47.0 Å². The van der Waals surface area contributed by atoms with E-state index in [1.165, 1.54) is 25.3 Å². The fourth-order valence-corrected chi connectivity index (χ4v) is 2.88. The Hall–Kier alpha value is -4.12. The molecule has 4 rings (SSSR count). The Morgan fingerprint density at radius 3 is 2.58 bits per heavy atom. The van der Waals surface area contributed by atoms with Crippen LogP contribution in [0.5, 0.6) is 29.0 Å². The first-order chi connectivity index (χ1) is 16.1. The maximum Gasteiger partial charge on any atom is 0.280 e. The summed E-state index contributed by atoms with van der Waals surface area (Å²) in [6, 6.07) is 10.6. The monoisotopic (exact) mass is 474 g/mol. The fraction of sp³-hybridized carbons (Fsp3) is 0.143. The number of halogens is 2. The number of benzene rings is 2. The van der Waals surface area contributed by atoms with Crippen molar-refractivity contribution in [2.45, 2.75) is 0 Å². The predicted octanol–water partition coefficient (Wildman–Crippen LogP) is 4.27. The number of para-hydroxylation sites is 1. The predicted molar refractivity (Wildman–Crippen MR) is 115 cm³/mol. The van der Waals surface area contributed by atoms with Gasteiger partial charge >= 0.3 is 0 Å². The van der Waals surface area contributed by atoms with Crippen molar-refractivity contribution in [1.29, 1.82) is 0 Å². The van der Waals surface area contributed by atoms with E-state index in [2.05, 4.69) is 20.3 Å². The number of aromatic nitrogens is 2. The summed E-state index contributed by atoms with van der Waals surface area (Å²) in [6.45, 7) is 0.559. The van der Waals surface area contributed by atoms with Gasteiger partial charge in [-0.05, 0) is 29.4 Å². The van der Waals surface area contributed by atoms with Crippen molar-refractivity contribution < 1.29 is 33.4 Å². The average Bonchev–Trinajstić information content (AvgIpc) is 2.83. The Kier molecular flexibility index (Phi) is 6.69. The minimum Gasteiger partial charge on any atom is -0.508 e. The first-order valence-electron chi connectivity index (χ1n) is 9.45. The number of hydrogen-bond donors (Lipinski definition) is 1. The van der Waals surface area contributed by atoms with Gasteiger partial charge in [0.2, 0.25) is 5.82 Å². The minimum atomic E-state index is -0.994. The summed E-state index contributed by atoms with van der Waals surface area (Å²) in [5, 5.41) is 17.6. The van der Waals surface area contributed by atoms with Crippen LogP contribution in [0.25, 0.3) is 0 Å². The third-order valence-corrected chi connectivity index (χ3v) is 4.45. The highest BCUT2D eigenvalue weighted by Crippen LogP contribution is 2.35. The van der Waals surface area contributed by atoms with Crippen LogP contribution in [0.4, 0.5) is 4.39 Å². The Morgan fingerprint density at radius 2 is 1.85 bits per heavy atom. The number of rotatable bonds is 7. The zero-order valence-corrected chi connectivity index (χ0v) is 17.8. The number of hydrogen-bond acceptors (Lipinski definition) is 10. The van der Waals surface area contributed by atoms with Crippen LogP contribution in [0.1, 0.15) is 5.56 Å². The molecule has 0 unspecified atom stereocenters. The van der Waals surface area contributed by atoms with Crippen LogP contribution < -0.4 is 9.47 Å². The first kappa shape index (κ1) is 22.1. The maximum atomic E-state index is 15.1. The Balaban J connectivity index is 1.67. The van der Waals surface area contributed by atoms with E-state index in [1.807, 2.05) is 0 Å². The second-order valence-electron chi connectivity index (χ2n) is 6.31. The van der Waals surface area contributed by atoms with E-state index < -0.39 is 17.6 Å². The molecule has 1 aliphatic heterocycles. The van der Waals surface area contributed by atoms with Gasteiger partial charge in [-0.25, -0.2) is 0 Å². The van der Waals surface area contributed by atoms with Crippen molar-refractivity contribution in [1.82, 2.24) is 9.97 Å². The van der Waals surface area contributed by atoms with Gasteiger partial charge in [-0.3, -0.25) is 0 Å². The van der Waals surface area contributed by atoms with Gasteiger partial charge in [0.05, 0.1) is 10.6 Å². The summed E-state index contributed by atoms with van der Waals surface area (Å²) in [6.07, 6.45) is 1.05. The lowest BCUT2D eigenvalue weighted by Crippen LogP contribution is -2.25. The van der Waals surface area contributed by atoms with Crippen LogP contribution in [0.2, 0.25) is 5.02 Å². The summed E-state index contributed by atoms with van der Waals surface area (Å²) < 4.78 is 31.7. The molecule has 33 heavy (non-hydrogen) atoms. The average molecular weight is 475 g/mol. The lowest BCUT2D eigenvalue weighted by Gasteiger charge is -2.17. The van der Waals surface area contributed by atoms with Crippen LogP contribution in [0.15, 0.2) is 59.1 Å². The van der Waals surface area contributed by atoms with Gasteiger partial charge in [0, 0.05) is 6.07 Å².